The minimum Gasteiger partial charge on any atom is -0.443 e. The van der Waals surface area contributed by atoms with Gasteiger partial charge in [0.1, 0.15) is 11.4 Å². The summed E-state index contributed by atoms with van der Waals surface area (Å²) in [5.41, 5.74) is 1.36. The Morgan fingerprint density at radius 2 is 2.05 bits per heavy atom. The molecule has 0 aromatic carbocycles. The quantitative estimate of drug-likeness (QED) is 0.842. The van der Waals surface area contributed by atoms with Gasteiger partial charge in [-0.3, -0.25) is 9.88 Å². The van der Waals surface area contributed by atoms with Gasteiger partial charge in [-0.25, -0.2) is 9.78 Å². The monoisotopic (exact) mass is 317 g/mol. The molecule has 5 nitrogen and oxygen atoms in total. The third-order valence-corrected chi connectivity index (χ3v) is 3.79. The van der Waals surface area contributed by atoms with E-state index in [1.165, 1.54) is 0 Å². The number of amides is 1. The van der Waals surface area contributed by atoms with E-state index in [9.17, 15) is 4.79 Å². The van der Waals surface area contributed by atoms with Crippen LogP contribution in [0.4, 0.5) is 10.6 Å². The van der Waals surface area contributed by atoms with E-state index in [1.807, 2.05) is 26.0 Å². The molecule has 1 aliphatic heterocycles. The molecule has 2 aromatic rings. The molecular formula is C16H16ClN3O2. The number of hydrogen-bond donors (Lipinski definition) is 0. The van der Waals surface area contributed by atoms with Crippen LogP contribution in [-0.2, 0) is 4.74 Å². The smallest absolute Gasteiger partial charge is 0.416 e. The lowest BCUT2D eigenvalue weighted by Gasteiger charge is -2.35. The maximum atomic E-state index is 12.0. The van der Waals surface area contributed by atoms with Gasteiger partial charge >= 0.3 is 6.09 Å². The third-order valence-electron chi connectivity index (χ3n) is 3.58. The molecule has 114 valence electrons. The van der Waals surface area contributed by atoms with Gasteiger partial charge in [0.05, 0.1) is 5.02 Å². The van der Waals surface area contributed by atoms with Crippen LogP contribution >= 0.6 is 11.6 Å². The second kappa shape index (κ2) is 5.57. The lowest BCUT2D eigenvalue weighted by Crippen LogP contribution is -2.46. The van der Waals surface area contributed by atoms with Crippen LogP contribution in [0.5, 0.6) is 0 Å². The Balaban J connectivity index is 1.82. The topological polar surface area (TPSA) is 55.3 Å². The fraction of sp³-hybridized carbons (Fsp3) is 0.312. The highest BCUT2D eigenvalue weighted by molar-refractivity contribution is 6.30. The summed E-state index contributed by atoms with van der Waals surface area (Å²) in [6, 6.07) is 5.52. The highest BCUT2D eigenvalue weighted by Gasteiger charge is 2.33. The molecule has 0 atom stereocenters. The summed E-state index contributed by atoms with van der Waals surface area (Å²) in [6.07, 6.45) is 5.41. The van der Waals surface area contributed by atoms with Crippen LogP contribution < -0.4 is 4.90 Å². The largest absolute Gasteiger partial charge is 0.443 e. The number of carbonyl (C=O) groups is 1. The molecule has 0 spiro atoms. The molecule has 0 N–H and O–H groups in total. The molecule has 0 aliphatic carbocycles. The van der Waals surface area contributed by atoms with E-state index in [4.69, 9.17) is 16.3 Å². The van der Waals surface area contributed by atoms with Crippen molar-refractivity contribution in [3.8, 4) is 11.1 Å². The highest BCUT2D eigenvalue weighted by atomic mass is 35.5. The predicted octanol–water partition coefficient (Wildman–Crippen LogP) is 3.92. The zero-order valence-electron chi connectivity index (χ0n) is 12.4. The summed E-state index contributed by atoms with van der Waals surface area (Å²) < 4.78 is 5.39. The molecule has 1 fully saturated rings. The summed E-state index contributed by atoms with van der Waals surface area (Å²) in [5.74, 6) is 0.583. The Morgan fingerprint density at radius 1 is 1.23 bits per heavy atom. The summed E-state index contributed by atoms with van der Waals surface area (Å²) in [5, 5.41) is 0.573. The van der Waals surface area contributed by atoms with E-state index in [-0.39, 0.29) is 6.09 Å². The Morgan fingerprint density at radius 3 is 2.68 bits per heavy atom. The number of hydrogen-bond acceptors (Lipinski definition) is 4. The van der Waals surface area contributed by atoms with Crippen molar-refractivity contribution in [3.63, 3.8) is 0 Å². The molecule has 1 amide bonds. The minimum absolute atomic E-state index is 0.360. The van der Waals surface area contributed by atoms with Crippen LogP contribution in [0.1, 0.15) is 20.3 Å². The maximum Gasteiger partial charge on any atom is 0.416 e. The fourth-order valence-corrected chi connectivity index (χ4v) is 2.48. The lowest BCUT2D eigenvalue weighted by molar-refractivity contribution is 0.0234. The summed E-state index contributed by atoms with van der Waals surface area (Å²) in [6.45, 7) is 4.41. The molecule has 0 radical (unpaired) electrons. The number of aromatic nitrogens is 2. The molecule has 2 aromatic heterocycles. The number of pyridine rings is 2. The van der Waals surface area contributed by atoms with E-state index in [0.29, 0.717) is 17.4 Å². The molecule has 0 bridgehead atoms. The molecule has 0 unspecified atom stereocenters. The average Bonchev–Trinajstić information content (AvgIpc) is 2.47. The standard InChI is InChI=1S/C16H16ClN3O2/c1-16(2)5-6-20(15(21)22-16)14-4-3-11(9-19-14)12-7-13(17)10-18-8-12/h3-4,7-10H,5-6H2,1-2H3. The molecule has 6 heteroatoms. The van der Waals surface area contributed by atoms with Crippen LogP contribution in [0.25, 0.3) is 11.1 Å². The van der Waals surface area contributed by atoms with Crippen LogP contribution in [-0.4, -0.2) is 28.2 Å². The predicted molar refractivity (Wildman–Crippen MR) is 85.0 cm³/mol. The number of cyclic esters (lactones) is 1. The van der Waals surface area contributed by atoms with Gasteiger partial charge in [0, 0.05) is 42.7 Å². The Labute approximate surface area is 133 Å². The Hall–Kier alpha value is -2.14. The minimum atomic E-state index is -0.417. The first-order valence-corrected chi connectivity index (χ1v) is 7.40. The number of ether oxygens (including phenoxy) is 1. The third kappa shape index (κ3) is 3.04. The van der Waals surface area contributed by atoms with Crippen LogP contribution in [0.15, 0.2) is 36.8 Å². The first-order chi connectivity index (χ1) is 10.4. The Bertz CT molecular complexity index is 701. The van der Waals surface area contributed by atoms with Gasteiger partial charge in [-0.1, -0.05) is 11.6 Å². The zero-order valence-corrected chi connectivity index (χ0v) is 13.2. The van der Waals surface area contributed by atoms with Crippen molar-refractivity contribution in [1.82, 2.24) is 9.97 Å². The van der Waals surface area contributed by atoms with E-state index in [1.54, 1.807) is 29.6 Å². The van der Waals surface area contributed by atoms with Crippen LogP contribution in [0.2, 0.25) is 5.02 Å². The molecule has 1 aliphatic rings. The van der Waals surface area contributed by atoms with Gasteiger partial charge in [-0.15, -0.1) is 0 Å². The van der Waals surface area contributed by atoms with Gasteiger partial charge < -0.3 is 4.74 Å². The van der Waals surface area contributed by atoms with Gasteiger partial charge in [-0.05, 0) is 32.0 Å². The molecular weight excluding hydrogens is 302 g/mol. The van der Waals surface area contributed by atoms with Crippen LogP contribution in [0, 0.1) is 0 Å². The average molecular weight is 318 g/mol. The molecule has 3 rings (SSSR count). The van der Waals surface area contributed by atoms with E-state index in [2.05, 4.69) is 9.97 Å². The van der Waals surface area contributed by atoms with Gasteiger partial charge in [0.15, 0.2) is 0 Å². The van der Waals surface area contributed by atoms with E-state index in [0.717, 1.165) is 17.5 Å². The van der Waals surface area contributed by atoms with Gasteiger partial charge in [0.2, 0.25) is 0 Å². The highest BCUT2D eigenvalue weighted by Crippen LogP contribution is 2.27. The summed E-state index contributed by atoms with van der Waals surface area (Å²) in [7, 11) is 0. The van der Waals surface area contributed by atoms with E-state index < -0.39 is 5.60 Å². The SMILES string of the molecule is CC1(C)CCN(c2ccc(-c3cncc(Cl)c3)cn2)C(=O)O1. The van der Waals surface area contributed by atoms with Crippen molar-refractivity contribution in [2.75, 3.05) is 11.4 Å². The summed E-state index contributed by atoms with van der Waals surface area (Å²) >= 11 is 5.94. The van der Waals surface area contributed by atoms with Crippen molar-refractivity contribution < 1.29 is 9.53 Å². The van der Waals surface area contributed by atoms with E-state index >= 15 is 0 Å². The van der Waals surface area contributed by atoms with Gasteiger partial charge in [-0.2, -0.15) is 0 Å². The Kier molecular flexibility index (Phi) is 3.74. The van der Waals surface area contributed by atoms with Crippen molar-refractivity contribution in [2.24, 2.45) is 0 Å². The number of nitrogens with zero attached hydrogens (tertiary/aromatic N) is 3. The molecule has 3 heterocycles. The number of anilines is 1. The van der Waals surface area contributed by atoms with Gasteiger partial charge in [0.25, 0.3) is 0 Å². The molecule has 0 saturated carbocycles. The number of halogens is 1. The normalized spacial score (nSPS) is 17.2. The zero-order chi connectivity index (χ0) is 15.7. The maximum absolute atomic E-state index is 12.0. The number of carbonyl (C=O) groups excluding carboxylic acids is 1. The van der Waals surface area contributed by atoms with Crippen molar-refractivity contribution in [3.05, 3.63) is 41.8 Å². The second-order valence-electron chi connectivity index (χ2n) is 5.83. The lowest BCUT2D eigenvalue weighted by atomic mass is 10.0. The number of rotatable bonds is 2. The molecule has 22 heavy (non-hydrogen) atoms. The fourth-order valence-electron chi connectivity index (χ4n) is 2.31. The molecule has 1 saturated heterocycles. The first-order valence-electron chi connectivity index (χ1n) is 7.02. The van der Waals surface area contributed by atoms with Crippen molar-refractivity contribution in [2.45, 2.75) is 25.9 Å². The van der Waals surface area contributed by atoms with Crippen LogP contribution in [0.3, 0.4) is 0 Å². The van der Waals surface area contributed by atoms with Crippen molar-refractivity contribution in [1.29, 1.82) is 0 Å². The first kappa shape index (κ1) is 14.8. The second-order valence-corrected chi connectivity index (χ2v) is 6.26. The summed E-state index contributed by atoms with van der Waals surface area (Å²) in [4.78, 5) is 22.0. The van der Waals surface area contributed by atoms with Crippen molar-refractivity contribution >= 4 is 23.5 Å².